The first kappa shape index (κ1) is 16.6. The van der Waals surface area contributed by atoms with E-state index in [2.05, 4.69) is 50.8 Å². The highest BCUT2D eigenvalue weighted by molar-refractivity contribution is 5.96. The van der Waals surface area contributed by atoms with E-state index in [1.807, 2.05) is 12.4 Å². The lowest BCUT2D eigenvalue weighted by molar-refractivity contribution is 0.100. The fraction of sp³-hybridized carbons (Fsp3) is 0.300. The van der Waals surface area contributed by atoms with Crippen molar-refractivity contribution in [1.29, 1.82) is 0 Å². The van der Waals surface area contributed by atoms with Crippen molar-refractivity contribution < 1.29 is 4.79 Å². The van der Waals surface area contributed by atoms with E-state index in [-0.39, 0.29) is 0 Å². The molecule has 6 heteroatoms. The first-order valence-electron chi connectivity index (χ1n) is 8.90. The number of hydrogen-bond donors (Lipinski definition) is 1. The largest absolute Gasteiger partial charge is 0.366 e. The van der Waals surface area contributed by atoms with E-state index in [4.69, 9.17) is 5.73 Å². The Kier molecular flexibility index (Phi) is 4.34. The lowest BCUT2D eigenvalue weighted by Crippen LogP contribution is -2.50. The number of fused-ring (bicyclic) bond motifs is 1. The van der Waals surface area contributed by atoms with Crippen molar-refractivity contribution >= 4 is 16.9 Å². The van der Waals surface area contributed by atoms with Gasteiger partial charge in [0.25, 0.3) is 0 Å². The highest BCUT2D eigenvalue weighted by atomic mass is 16.1. The molecule has 6 nitrogen and oxygen atoms in total. The van der Waals surface area contributed by atoms with Crippen LogP contribution in [0.4, 0.5) is 0 Å². The monoisotopic (exact) mass is 349 g/mol. The SMILES string of the molecule is Cc1ccc(CN2CCN(n3cnc4cc(C(N)=O)ccc43)CC2)cc1. The van der Waals surface area contributed by atoms with Gasteiger partial charge in [-0.15, -0.1) is 0 Å². The summed E-state index contributed by atoms with van der Waals surface area (Å²) >= 11 is 0. The van der Waals surface area contributed by atoms with E-state index >= 15 is 0 Å². The molecule has 2 N–H and O–H groups in total. The average Bonchev–Trinajstić information content (AvgIpc) is 3.07. The van der Waals surface area contributed by atoms with Gasteiger partial charge in [-0.2, -0.15) is 0 Å². The Balaban J connectivity index is 1.44. The molecule has 1 aromatic heterocycles. The van der Waals surface area contributed by atoms with Crippen LogP contribution in [0, 0.1) is 6.92 Å². The number of aromatic nitrogens is 2. The van der Waals surface area contributed by atoms with Crippen LogP contribution in [0.25, 0.3) is 11.0 Å². The van der Waals surface area contributed by atoms with E-state index in [1.54, 1.807) is 12.1 Å². The number of hydrogen-bond acceptors (Lipinski definition) is 4. The van der Waals surface area contributed by atoms with Crippen LogP contribution < -0.4 is 10.7 Å². The topological polar surface area (TPSA) is 67.4 Å². The highest BCUT2D eigenvalue weighted by Crippen LogP contribution is 2.17. The molecular formula is C20H23N5O. The predicted octanol–water partition coefficient (Wildman–Crippen LogP) is 1.90. The van der Waals surface area contributed by atoms with Crippen molar-refractivity contribution in [3.05, 3.63) is 65.5 Å². The number of carbonyl (C=O) groups excluding carboxylic acids is 1. The third-order valence-corrected chi connectivity index (χ3v) is 4.99. The third-order valence-electron chi connectivity index (χ3n) is 4.99. The Morgan fingerprint density at radius 2 is 1.81 bits per heavy atom. The summed E-state index contributed by atoms with van der Waals surface area (Å²) in [5, 5.41) is 2.30. The molecule has 134 valence electrons. The molecule has 0 bridgehead atoms. The zero-order valence-corrected chi connectivity index (χ0v) is 14.9. The molecule has 1 saturated heterocycles. The van der Waals surface area contributed by atoms with Gasteiger partial charge in [-0.25, -0.2) is 9.66 Å². The molecular weight excluding hydrogens is 326 g/mol. The van der Waals surface area contributed by atoms with Gasteiger partial charge in [-0.05, 0) is 30.7 Å². The zero-order chi connectivity index (χ0) is 18.1. The summed E-state index contributed by atoms with van der Waals surface area (Å²) in [7, 11) is 0. The zero-order valence-electron chi connectivity index (χ0n) is 14.9. The number of benzene rings is 2. The van der Waals surface area contributed by atoms with Gasteiger partial charge in [-0.3, -0.25) is 9.69 Å². The van der Waals surface area contributed by atoms with E-state index < -0.39 is 5.91 Å². The molecule has 1 amide bonds. The van der Waals surface area contributed by atoms with Gasteiger partial charge in [0.15, 0.2) is 0 Å². The van der Waals surface area contributed by atoms with Gasteiger partial charge < -0.3 is 10.7 Å². The summed E-state index contributed by atoms with van der Waals surface area (Å²) in [6.07, 6.45) is 1.82. The molecule has 1 aliphatic heterocycles. The van der Waals surface area contributed by atoms with Crippen molar-refractivity contribution in [2.45, 2.75) is 13.5 Å². The number of primary amides is 1. The lowest BCUT2D eigenvalue weighted by atomic mass is 10.1. The van der Waals surface area contributed by atoms with Crippen LogP contribution >= 0.6 is 0 Å². The number of nitrogens with two attached hydrogens (primary N) is 1. The molecule has 1 aliphatic rings. The van der Waals surface area contributed by atoms with E-state index in [0.29, 0.717) is 5.56 Å². The van der Waals surface area contributed by atoms with Gasteiger partial charge in [0.05, 0.1) is 11.0 Å². The third kappa shape index (κ3) is 3.28. The van der Waals surface area contributed by atoms with Crippen LogP contribution in [0.5, 0.6) is 0 Å². The van der Waals surface area contributed by atoms with Crippen molar-refractivity contribution in [3.63, 3.8) is 0 Å². The molecule has 2 aromatic carbocycles. The maximum absolute atomic E-state index is 11.3. The Morgan fingerprint density at radius 3 is 2.50 bits per heavy atom. The van der Waals surface area contributed by atoms with Crippen molar-refractivity contribution in [3.8, 4) is 0 Å². The smallest absolute Gasteiger partial charge is 0.248 e. The molecule has 0 spiro atoms. The van der Waals surface area contributed by atoms with Crippen LogP contribution in [0.1, 0.15) is 21.5 Å². The summed E-state index contributed by atoms with van der Waals surface area (Å²) in [6.45, 7) is 6.99. The van der Waals surface area contributed by atoms with E-state index in [1.165, 1.54) is 11.1 Å². The molecule has 0 saturated carbocycles. The van der Waals surface area contributed by atoms with Crippen LogP contribution in [-0.4, -0.2) is 46.6 Å². The van der Waals surface area contributed by atoms with Gasteiger partial charge in [0.1, 0.15) is 6.33 Å². The lowest BCUT2D eigenvalue weighted by Gasteiger charge is -2.36. The molecule has 0 radical (unpaired) electrons. The molecule has 3 aromatic rings. The minimum Gasteiger partial charge on any atom is -0.366 e. The molecule has 0 unspecified atom stereocenters. The number of piperazine rings is 1. The number of nitrogens with zero attached hydrogens (tertiary/aromatic N) is 4. The minimum absolute atomic E-state index is 0.425. The first-order chi connectivity index (χ1) is 12.6. The first-order valence-corrected chi connectivity index (χ1v) is 8.90. The fourth-order valence-corrected chi connectivity index (χ4v) is 3.44. The number of rotatable bonds is 4. The Hall–Kier alpha value is -2.86. The molecule has 2 heterocycles. The van der Waals surface area contributed by atoms with E-state index in [9.17, 15) is 4.79 Å². The maximum atomic E-state index is 11.3. The second-order valence-corrected chi connectivity index (χ2v) is 6.87. The molecule has 1 fully saturated rings. The summed E-state index contributed by atoms with van der Waals surface area (Å²) in [5.74, 6) is -0.425. The van der Waals surface area contributed by atoms with Gasteiger partial charge in [0.2, 0.25) is 5.91 Å². The maximum Gasteiger partial charge on any atom is 0.248 e. The molecule has 26 heavy (non-hydrogen) atoms. The summed E-state index contributed by atoms with van der Waals surface area (Å²) in [4.78, 5) is 18.2. The average molecular weight is 349 g/mol. The van der Waals surface area contributed by atoms with E-state index in [0.717, 1.165) is 43.8 Å². The number of carbonyl (C=O) groups is 1. The second-order valence-electron chi connectivity index (χ2n) is 6.87. The van der Waals surface area contributed by atoms with Crippen LogP contribution in [-0.2, 0) is 6.54 Å². The Bertz CT molecular complexity index is 923. The quantitative estimate of drug-likeness (QED) is 0.781. The number of imidazole rings is 1. The van der Waals surface area contributed by atoms with Crippen molar-refractivity contribution in [1.82, 2.24) is 14.6 Å². The summed E-state index contributed by atoms with van der Waals surface area (Å²) in [6, 6.07) is 14.2. The van der Waals surface area contributed by atoms with Crippen molar-refractivity contribution in [2.24, 2.45) is 5.73 Å². The predicted molar refractivity (Wildman–Crippen MR) is 103 cm³/mol. The highest BCUT2D eigenvalue weighted by Gasteiger charge is 2.19. The summed E-state index contributed by atoms with van der Waals surface area (Å²) in [5.41, 5.74) is 10.3. The Labute approximate surface area is 152 Å². The molecule has 0 atom stereocenters. The fourth-order valence-electron chi connectivity index (χ4n) is 3.44. The second kappa shape index (κ2) is 6.80. The molecule has 0 aliphatic carbocycles. The molecule has 4 rings (SSSR count). The minimum atomic E-state index is -0.425. The van der Waals surface area contributed by atoms with Gasteiger partial charge in [-0.1, -0.05) is 29.8 Å². The summed E-state index contributed by atoms with van der Waals surface area (Å²) < 4.78 is 2.09. The van der Waals surface area contributed by atoms with Crippen LogP contribution in [0.15, 0.2) is 48.8 Å². The van der Waals surface area contributed by atoms with Crippen molar-refractivity contribution in [2.75, 3.05) is 31.2 Å². The Morgan fingerprint density at radius 1 is 1.08 bits per heavy atom. The van der Waals surface area contributed by atoms with Gasteiger partial charge >= 0.3 is 0 Å². The van der Waals surface area contributed by atoms with Gasteiger partial charge in [0, 0.05) is 38.3 Å². The van der Waals surface area contributed by atoms with Crippen LogP contribution in [0.3, 0.4) is 0 Å². The normalized spacial score (nSPS) is 15.5. The standard InChI is InChI=1S/C20H23N5O/c1-15-2-4-16(5-3-15)13-23-8-10-24(11-9-23)25-14-22-18-12-17(20(21)26)6-7-19(18)25/h2-7,12,14H,8-11,13H2,1H3,(H2,21,26). The van der Waals surface area contributed by atoms with Crippen LogP contribution in [0.2, 0.25) is 0 Å². The number of aryl methyl sites for hydroxylation is 1. The number of amides is 1.